The van der Waals surface area contributed by atoms with Gasteiger partial charge in [-0.15, -0.1) is 0 Å². The molecular weight excluding hydrogens is 401 g/mol. The molecule has 2 heterocycles. The number of carbonyl (C=O) groups excluding carboxylic acids is 2. The Hall–Kier alpha value is -2.88. The number of hydrogen-bond acceptors (Lipinski definition) is 4. The molecule has 0 aliphatic carbocycles. The number of carbonyl (C=O) groups is 2. The number of amides is 2. The number of ether oxygens (including phenoxy) is 1. The van der Waals surface area contributed by atoms with Crippen LogP contribution in [0.25, 0.3) is 0 Å². The Labute approximate surface area is 171 Å². The highest BCUT2D eigenvalue weighted by atomic mass is 19.4. The highest BCUT2D eigenvalue weighted by molar-refractivity contribution is 5.95. The average molecular weight is 424 g/mol. The molecule has 1 aromatic carbocycles. The van der Waals surface area contributed by atoms with E-state index in [2.05, 4.69) is 15.7 Å². The fraction of sp³-hybridized carbons (Fsp3) is 0.450. The normalized spacial score (nSPS) is 16.5. The summed E-state index contributed by atoms with van der Waals surface area (Å²) >= 11 is 0. The van der Waals surface area contributed by atoms with Crippen LogP contribution in [0.5, 0.6) is 0 Å². The molecule has 10 heteroatoms. The summed E-state index contributed by atoms with van der Waals surface area (Å²) in [6, 6.07) is 5.11. The van der Waals surface area contributed by atoms with Gasteiger partial charge in [0.15, 0.2) is 0 Å². The highest BCUT2D eigenvalue weighted by Gasteiger charge is 2.34. The Bertz CT molecular complexity index is 934. The predicted molar refractivity (Wildman–Crippen MR) is 104 cm³/mol. The van der Waals surface area contributed by atoms with Crippen molar-refractivity contribution in [1.29, 1.82) is 0 Å². The molecule has 7 nitrogen and oxygen atoms in total. The summed E-state index contributed by atoms with van der Waals surface area (Å²) in [6.07, 6.45) is -4.14. The van der Waals surface area contributed by atoms with Crippen molar-refractivity contribution < 1.29 is 27.5 Å². The van der Waals surface area contributed by atoms with Gasteiger partial charge in [0.05, 0.1) is 16.9 Å². The summed E-state index contributed by atoms with van der Waals surface area (Å²) in [5.41, 5.74) is 0.252. The molecule has 0 saturated carbocycles. The number of anilines is 2. The second-order valence-corrected chi connectivity index (χ2v) is 7.20. The maximum absolute atomic E-state index is 13.5. The summed E-state index contributed by atoms with van der Waals surface area (Å²) in [5.74, 6) is -1.05. The molecule has 0 radical (unpaired) electrons. The number of aryl methyl sites for hydroxylation is 3. The zero-order valence-corrected chi connectivity index (χ0v) is 16.7. The number of aromatic nitrogens is 2. The number of alkyl halides is 3. The zero-order chi connectivity index (χ0) is 21.9. The Morgan fingerprint density at radius 2 is 2.00 bits per heavy atom. The minimum Gasteiger partial charge on any atom is -0.368 e. The third-order valence-electron chi connectivity index (χ3n) is 4.74. The zero-order valence-electron chi connectivity index (χ0n) is 16.7. The molecule has 162 valence electrons. The topological polar surface area (TPSA) is 85.2 Å². The van der Waals surface area contributed by atoms with Crippen LogP contribution in [0, 0.1) is 13.8 Å². The molecule has 1 atom stereocenters. The molecule has 2 aromatic rings. The van der Waals surface area contributed by atoms with Gasteiger partial charge in [0.2, 0.25) is 5.91 Å². The fourth-order valence-corrected chi connectivity index (χ4v) is 3.29. The van der Waals surface area contributed by atoms with Gasteiger partial charge in [0.25, 0.3) is 5.91 Å². The van der Waals surface area contributed by atoms with Crippen LogP contribution in [0.1, 0.15) is 36.2 Å². The third kappa shape index (κ3) is 5.38. The van der Waals surface area contributed by atoms with E-state index in [4.69, 9.17) is 4.74 Å². The third-order valence-corrected chi connectivity index (χ3v) is 4.74. The lowest BCUT2D eigenvalue weighted by atomic mass is 10.1. The van der Waals surface area contributed by atoms with E-state index >= 15 is 0 Å². The van der Waals surface area contributed by atoms with Crippen molar-refractivity contribution in [1.82, 2.24) is 9.78 Å². The summed E-state index contributed by atoms with van der Waals surface area (Å²) in [7, 11) is 0. The maximum Gasteiger partial charge on any atom is 0.418 e. The molecule has 2 N–H and O–H groups in total. The van der Waals surface area contributed by atoms with E-state index in [9.17, 15) is 22.8 Å². The molecule has 30 heavy (non-hydrogen) atoms. The average Bonchev–Trinajstić information content (AvgIpc) is 3.30. The van der Waals surface area contributed by atoms with E-state index in [0.29, 0.717) is 13.0 Å². The minimum atomic E-state index is -4.71. The molecule has 0 bridgehead atoms. The van der Waals surface area contributed by atoms with Crippen LogP contribution in [-0.2, 0) is 27.0 Å². The van der Waals surface area contributed by atoms with Crippen molar-refractivity contribution in [3.8, 4) is 0 Å². The molecule has 1 aliphatic heterocycles. The molecular formula is C20H23F3N4O3. The van der Waals surface area contributed by atoms with E-state index in [-0.39, 0.29) is 24.3 Å². The summed E-state index contributed by atoms with van der Waals surface area (Å²) in [4.78, 5) is 24.3. The summed E-state index contributed by atoms with van der Waals surface area (Å²) in [5, 5.41) is 8.98. The van der Waals surface area contributed by atoms with Crippen molar-refractivity contribution in [3.63, 3.8) is 0 Å². The van der Waals surface area contributed by atoms with Gasteiger partial charge in [0, 0.05) is 31.0 Å². The molecule has 1 unspecified atom stereocenters. The maximum atomic E-state index is 13.5. The number of rotatable bonds is 6. The number of benzene rings is 1. The monoisotopic (exact) mass is 424 g/mol. The van der Waals surface area contributed by atoms with Crippen LogP contribution in [0.3, 0.4) is 0 Å². The van der Waals surface area contributed by atoms with Crippen LogP contribution < -0.4 is 10.6 Å². The first-order valence-electron chi connectivity index (χ1n) is 9.58. The highest BCUT2D eigenvalue weighted by Crippen LogP contribution is 2.36. The smallest absolute Gasteiger partial charge is 0.368 e. The Kier molecular flexibility index (Phi) is 6.45. The first-order valence-corrected chi connectivity index (χ1v) is 9.58. The number of halogens is 3. The van der Waals surface area contributed by atoms with Crippen molar-refractivity contribution in [2.24, 2.45) is 0 Å². The molecule has 1 fully saturated rings. The second-order valence-electron chi connectivity index (χ2n) is 7.20. The van der Waals surface area contributed by atoms with Gasteiger partial charge in [-0.05, 0) is 51.0 Å². The fourth-order valence-electron chi connectivity index (χ4n) is 3.29. The molecule has 3 rings (SSSR count). The van der Waals surface area contributed by atoms with Gasteiger partial charge < -0.3 is 15.4 Å². The Balaban J connectivity index is 1.69. The van der Waals surface area contributed by atoms with Gasteiger partial charge in [-0.2, -0.15) is 18.3 Å². The van der Waals surface area contributed by atoms with Gasteiger partial charge in [-0.1, -0.05) is 0 Å². The van der Waals surface area contributed by atoms with Crippen molar-refractivity contribution in [2.75, 3.05) is 17.2 Å². The second kappa shape index (κ2) is 8.86. The first kappa shape index (κ1) is 21.8. The van der Waals surface area contributed by atoms with Gasteiger partial charge >= 0.3 is 6.18 Å². The van der Waals surface area contributed by atoms with E-state index in [0.717, 1.165) is 29.9 Å². The molecule has 1 aliphatic rings. The van der Waals surface area contributed by atoms with Crippen LogP contribution in [-0.4, -0.2) is 34.3 Å². The minimum absolute atomic E-state index is 0.0107. The van der Waals surface area contributed by atoms with Crippen LogP contribution >= 0.6 is 0 Å². The van der Waals surface area contributed by atoms with Gasteiger partial charge in [-0.25, -0.2) is 0 Å². The van der Waals surface area contributed by atoms with Crippen LogP contribution in [0.4, 0.5) is 24.5 Å². The largest absolute Gasteiger partial charge is 0.418 e. The van der Waals surface area contributed by atoms with Crippen LogP contribution in [0.15, 0.2) is 24.3 Å². The summed E-state index contributed by atoms with van der Waals surface area (Å²) < 4.78 is 47.4. The Morgan fingerprint density at radius 1 is 1.23 bits per heavy atom. The first-order chi connectivity index (χ1) is 14.1. The van der Waals surface area contributed by atoms with Crippen molar-refractivity contribution >= 4 is 23.2 Å². The Morgan fingerprint density at radius 3 is 2.60 bits per heavy atom. The lowest BCUT2D eigenvalue weighted by Crippen LogP contribution is -2.27. The number of nitrogens with zero attached hydrogens (tertiary/aromatic N) is 2. The molecule has 1 aromatic heterocycles. The van der Waals surface area contributed by atoms with Crippen molar-refractivity contribution in [3.05, 3.63) is 41.2 Å². The lowest BCUT2D eigenvalue weighted by Gasteiger charge is -2.17. The summed E-state index contributed by atoms with van der Waals surface area (Å²) in [6.45, 7) is 4.36. The van der Waals surface area contributed by atoms with Crippen LogP contribution in [0.2, 0.25) is 0 Å². The van der Waals surface area contributed by atoms with Gasteiger partial charge in [0.1, 0.15) is 6.10 Å². The number of hydrogen-bond donors (Lipinski definition) is 2. The standard InChI is InChI=1S/C20H23F3N4O3/c1-12-10-13(2)27(26-12)8-7-18(28)25-16-6-5-14(11-15(16)20(21,22)23)24-19(29)17-4-3-9-30-17/h5-6,10-11,17H,3-4,7-9H2,1-2H3,(H,24,29)(H,25,28). The number of nitrogens with one attached hydrogen (secondary N) is 2. The van der Waals surface area contributed by atoms with E-state index in [1.165, 1.54) is 6.07 Å². The molecule has 0 spiro atoms. The van der Waals surface area contributed by atoms with Gasteiger partial charge in [-0.3, -0.25) is 14.3 Å². The molecule has 1 saturated heterocycles. The molecule has 2 amide bonds. The predicted octanol–water partition coefficient (Wildman–Crippen LogP) is 3.67. The van der Waals surface area contributed by atoms with E-state index < -0.39 is 29.7 Å². The SMILES string of the molecule is Cc1cc(C)n(CCC(=O)Nc2ccc(NC(=O)C3CCCO3)cc2C(F)(F)F)n1. The van der Waals surface area contributed by atoms with Crippen molar-refractivity contribution in [2.45, 2.75) is 51.9 Å². The quantitative estimate of drug-likeness (QED) is 0.741. The van der Waals surface area contributed by atoms with E-state index in [1.54, 1.807) is 4.68 Å². The lowest BCUT2D eigenvalue weighted by molar-refractivity contribution is -0.137. The van der Waals surface area contributed by atoms with E-state index in [1.807, 2.05) is 19.9 Å².